The monoisotopic (exact) mass is 476 g/mol. The molecule has 3 aromatic rings. The van der Waals surface area contributed by atoms with E-state index in [4.69, 9.17) is 16.3 Å². The summed E-state index contributed by atoms with van der Waals surface area (Å²) in [6.45, 7) is -0.143. The minimum Gasteiger partial charge on any atom is -0.495 e. The smallest absolute Gasteiger partial charge is 0.243 e. The third-order valence-electron chi connectivity index (χ3n) is 4.22. The number of rotatable bonds is 8. The summed E-state index contributed by atoms with van der Waals surface area (Å²) in [7, 11) is -2.25. The fraction of sp³-hybridized carbons (Fsp3) is 0.136. The van der Waals surface area contributed by atoms with Crippen LogP contribution in [0.3, 0.4) is 0 Å². The summed E-state index contributed by atoms with van der Waals surface area (Å²) in [5.41, 5.74) is 0.898. The Morgan fingerprint density at radius 3 is 2.35 bits per heavy atom. The molecule has 3 rings (SSSR count). The minimum absolute atomic E-state index is 0.0278. The third-order valence-corrected chi connectivity index (χ3v) is 6.96. The molecule has 9 heteroatoms. The maximum Gasteiger partial charge on any atom is 0.243 e. The van der Waals surface area contributed by atoms with Crippen LogP contribution in [0.15, 0.2) is 81.4 Å². The lowest BCUT2D eigenvalue weighted by atomic mass is 10.3. The van der Waals surface area contributed by atoms with Crippen LogP contribution in [0.2, 0.25) is 5.02 Å². The average Bonchev–Trinajstić information content (AvgIpc) is 2.73. The molecule has 31 heavy (non-hydrogen) atoms. The van der Waals surface area contributed by atoms with E-state index in [2.05, 4.69) is 10.6 Å². The number of ether oxygens (including phenoxy) is 1. The van der Waals surface area contributed by atoms with Gasteiger partial charge in [0.1, 0.15) is 15.7 Å². The first-order valence-corrected chi connectivity index (χ1v) is 12.3. The molecular formula is C22H21ClN2O4S2. The van der Waals surface area contributed by atoms with Crippen molar-refractivity contribution in [2.24, 2.45) is 0 Å². The number of hydrogen-bond donors (Lipinski definition) is 2. The zero-order valence-electron chi connectivity index (χ0n) is 16.9. The van der Waals surface area contributed by atoms with Gasteiger partial charge in [-0.25, -0.2) is 8.42 Å². The first kappa shape index (κ1) is 23.0. The van der Waals surface area contributed by atoms with E-state index < -0.39 is 9.84 Å². The molecule has 162 valence electrons. The van der Waals surface area contributed by atoms with Crippen LogP contribution in [-0.4, -0.2) is 34.2 Å². The molecule has 0 aliphatic rings. The lowest BCUT2D eigenvalue weighted by molar-refractivity contribution is -0.114. The minimum atomic E-state index is -3.65. The SMILES string of the molecule is COc1ccc(NCC(=O)Nc2ccccc2Sc2ccccc2)c(S(C)(=O)=O)c1Cl. The topological polar surface area (TPSA) is 84.5 Å². The molecule has 2 N–H and O–H groups in total. The molecule has 0 bridgehead atoms. The van der Waals surface area contributed by atoms with Crippen LogP contribution in [0.25, 0.3) is 0 Å². The lowest BCUT2D eigenvalue weighted by Gasteiger charge is -2.15. The van der Waals surface area contributed by atoms with E-state index in [1.807, 2.05) is 54.6 Å². The van der Waals surface area contributed by atoms with E-state index in [9.17, 15) is 13.2 Å². The summed E-state index contributed by atoms with van der Waals surface area (Å²) in [5, 5.41) is 5.70. The van der Waals surface area contributed by atoms with Gasteiger partial charge in [0.25, 0.3) is 0 Å². The van der Waals surface area contributed by atoms with E-state index >= 15 is 0 Å². The highest BCUT2D eigenvalue weighted by Crippen LogP contribution is 2.37. The molecule has 0 aromatic heterocycles. The van der Waals surface area contributed by atoms with Crippen LogP contribution in [0.5, 0.6) is 5.75 Å². The highest BCUT2D eigenvalue weighted by Gasteiger charge is 2.21. The molecule has 0 radical (unpaired) electrons. The molecule has 0 saturated heterocycles. The molecule has 0 heterocycles. The normalized spacial score (nSPS) is 11.1. The zero-order chi connectivity index (χ0) is 22.4. The zero-order valence-corrected chi connectivity index (χ0v) is 19.3. The van der Waals surface area contributed by atoms with Crippen molar-refractivity contribution in [3.63, 3.8) is 0 Å². The quantitative estimate of drug-likeness (QED) is 0.478. The summed E-state index contributed by atoms with van der Waals surface area (Å²) in [4.78, 5) is 14.4. The molecular weight excluding hydrogens is 456 g/mol. The van der Waals surface area contributed by atoms with Crippen LogP contribution in [0.4, 0.5) is 11.4 Å². The van der Waals surface area contributed by atoms with Crippen molar-refractivity contribution in [3.05, 3.63) is 71.8 Å². The first-order chi connectivity index (χ1) is 14.8. The molecule has 1 amide bonds. The lowest BCUT2D eigenvalue weighted by Crippen LogP contribution is -2.23. The number of anilines is 2. The van der Waals surface area contributed by atoms with Gasteiger partial charge < -0.3 is 15.4 Å². The second-order valence-corrected chi connectivity index (χ2v) is 9.99. The summed E-state index contributed by atoms with van der Waals surface area (Å²) in [6, 6.07) is 20.4. The van der Waals surface area contributed by atoms with Crippen molar-refractivity contribution in [2.75, 3.05) is 30.5 Å². The van der Waals surface area contributed by atoms with E-state index in [1.54, 1.807) is 6.07 Å². The third kappa shape index (κ3) is 5.94. The van der Waals surface area contributed by atoms with Crippen molar-refractivity contribution < 1.29 is 17.9 Å². The number of sulfone groups is 1. The maximum atomic E-state index is 12.6. The average molecular weight is 477 g/mol. The van der Waals surface area contributed by atoms with E-state index in [1.165, 1.54) is 24.9 Å². The van der Waals surface area contributed by atoms with Gasteiger partial charge in [0, 0.05) is 16.0 Å². The molecule has 3 aromatic carbocycles. The van der Waals surface area contributed by atoms with Gasteiger partial charge in [-0.15, -0.1) is 0 Å². The van der Waals surface area contributed by atoms with Crippen molar-refractivity contribution in [2.45, 2.75) is 14.7 Å². The Morgan fingerprint density at radius 1 is 1.00 bits per heavy atom. The number of methoxy groups -OCH3 is 1. The van der Waals surface area contributed by atoms with Crippen molar-refractivity contribution >= 4 is 50.5 Å². The fourth-order valence-electron chi connectivity index (χ4n) is 2.84. The summed E-state index contributed by atoms with van der Waals surface area (Å²) in [5.74, 6) is -0.0866. The van der Waals surface area contributed by atoms with E-state index in [0.717, 1.165) is 16.0 Å². The van der Waals surface area contributed by atoms with Crippen molar-refractivity contribution in [1.29, 1.82) is 0 Å². The predicted molar refractivity (Wildman–Crippen MR) is 125 cm³/mol. The number of hydrogen-bond acceptors (Lipinski definition) is 6. The summed E-state index contributed by atoms with van der Waals surface area (Å²) < 4.78 is 29.5. The van der Waals surface area contributed by atoms with Crippen molar-refractivity contribution in [1.82, 2.24) is 0 Å². The molecule has 0 unspecified atom stereocenters. The molecule has 0 aliphatic carbocycles. The summed E-state index contributed by atoms with van der Waals surface area (Å²) in [6.07, 6.45) is 1.05. The van der Waals surface area contributed by atoms with Crippen LogP contribution in [0.1, 0.15) is 0 Å². The summed E-state index contributed by atoms with van der Waals surface area (Å²) >= 11 is 7.73. The van der Waals surface area contributed by atoms with Crippen LogP contribution < -0.4 is 15.4 Å². The number of amides is 1. The number of benzene rings is 3. The van der Waals surface area contributed by atoms with Gasteiger partial charge in [-0.05, 0) is 36.4 Å². The first-order valence-electron chi connectivity index (χ1n) is 9.22. The maximum absolute atomic E-state index is 12.6. The highest BCUT2D eigenvalue weighted by molar-refractivity contribution is 7.99. The van der Waals surface area contributed by atoms with Gasteiger partial charge >= 0.3 is 0 Å². The van der Waals surface area contributed by atoms with Gasteiger partial charge in [-0.1, -0.05) is 53.7 Å². The van der Waals surface area contributed by atoms with Crippen LogP contribution in [0, 0.1) is 0 Å². The number of para-hydroxylation sites is 1. The Bertz CT molecular complexity index is 1190. The Labute approximate surface area is 190 Å². The largest absolute Gasteiger partial charge is 0.495 e. The second kappa shape index (κ2) is 10.1. The van der Waals surface area contributed by atoms with Gasteiger partial charge in [0.15, 0.2) is 9.84 Å². The van der Waals surface area contributed by atoms with Crippen molar-refractivity contribution in [3.8, 4) is 5.75 Å². The van der Waals surface area contributed by atoms with E-state index in [0.29, 0.717) is 5.69 Å². The molecule has 0 fully saturated rings. The number of carbonyl (C=O) groups is 1. The highest BCUT2D eigenvalue weighted by atomic mass is 35.5. The molecule has 0 spiro atoms. The predicted octanol–water partition coefficient (Wildman–Crippen LogP) is 4.95. The number of nitrogens with one attached hydrogen (secondary N) is 2. The Kier molecular flexibility index (Phi) is 7.48. The fourth-order valence-corrected chi connectivity index (χ4v) is 5.39. The van der Waals surface area contributed by atoms with Gasteiger partial charge in [-0.3, -0.25) is 4.79 Å². The molecule has 0 atom stereocenters. The Morgan fingerprint density at radius 2 is 1.68 bits per heavy atom. The van der Waals surface area contributed by atoms with Gasteiger partial charge in [0.05, 0.1) is 25.0 Å². The Balaban J connectivity index is 1.74. The molecule has 0 saturated carbocycles. The molecule has 6 nitrogen and oxygen atoms in total. The Hall–Kier alpha value is -2.68. The standard InChI is InChI=1S/C22H21ClN2O4S2/c1-29-18-13-12-17(22(21(18)23)31(2,27)28)24-14-20(26)25-16-10-6-7-11-19(16)30-15-8-4-3-5-9-15/h3-13,24H,14H2,1-2H3,(H,25,26). The van der Waals surface area contributed by atoms with Crippen LogP contribution >= 0.6 is 23.4 Å². The molecule has 0 aliphatic heterocycles. The van der Waals surface area contributed by atoms with Crippen LogP contribution in [-0.2, 0) is 14.6 Å². The second-order valence-electron chi connectivity index (χ2n) is 6.54. The van der Waals surface area contributed by atoms with Gasteiger partial charge in [-0.2, -0.15) is 0 Å². The van der Waals surface area contributed by atoms with E-state index in [-0.39, 0.29) is 33.8 Å². The van der Waals surface area contributed by atoms with Gasteiger partial charge in [0.2, 0.25) is 5.91 Å². The number of halogens is 1. The number of carbonyl (C=O) groups excluding carboxylic acids is 1.